The molecule has 116 valence electrons. The number of carbonyl (C=O) groups excluding carboxylic acids is 1. The summed E-state index contributed by atoms with van der Waals surface area (Å²) < 4.78 is 10.9. The van der Waals surface area contributed by atoms with E-state index in [2.05, 4.69) is 5.32 Å². The average molecular weight is 299 g/mol. The number of hydrogen-bond acceptors (Lipinski definition) is 3. The van der Waals surface area contributed by atoms with Gasteiger partial charge >= 0.3 is 0 Å². The molecular weight excluding hydrogens is 278 g/mol. The minimum Gasteiger partial charge on any atom is -0.493 e. The van der Waals surface area contributed by atoms with Gasteiger partial charge in [0.2, 0.25) is 0 Å². The predicted octanol–water partition coefficient (Wildman–Crippen LogP) is 4.04. The molecule has 0 aliphatic carbocycles. The summed E-state index contributed by atoms with van der Waals surface area (Å²) in [7, 11) is 1.57. The molecule has 0 saturated carbocycles. The van der Waals surface area contributed by atoms with Gasteiger partial charge in [-0.05, 0) is 43.7 Å². The fraction of sp³-hybridized carbons (Fsp3) is 0.278. The lowest BCUT2D eigenvalue weighted by molar-refractivity contribution is 0.102. The summed E-state index contributed by atoms with van der Waals surface area (Å²) in [6, 6.07) is 12.9. The maximum atomic E-state index is 12.3. The summed E-state index contributed by atoms with van der Waals surface area (Å²) in [5, 5.41) is 2.86. The highest BCUT2D eigenvalue weighted by atomic mass is 16.5. The number of hydrogen-bond donors (Lipinski definition) is 1. The lowest BCUT2D eigenvalue weighted by Gasteiger charge is -2.12. The van der Waals surface area contributed by atoms with Gasteiger partial charge in [-0.15, -0.1) is 0 Å². The molecule has 0 spiro atoms. The minimum absolute atomic E-state index is 0.177. The predicted molar refractivity (Wildman–Crippen MR) is 87.9 cm³/mol. The Morgan fingerprint density at radius 1 is 1.09 bits per heavy atom. The Labute approximate surface area is 131 Å². The number of ether oxygens (including phenoxy) is 2. The summed E-state index contributed by atoms with van der Waals surface area (Å²) in [6.07, 6.45) is 0.915. The van der Waals surface area contributed by atoms with Crippen molar-refractivity contribution >= 4 is 11.6 Å². The van der Waals surface area contributed by atoms with Crippen LogP contribution in [0.3, 0.4) is 0 Å². The van der Waals surface area contributed by atoms with Crippen molar-refractivity contribution < 1.29 is 14.3 Å². The maximum Gasteiger partial charge on any atom is 0.255 e. The van der Waals surface area contributed by atoms with Gasteiger partial charge in [0.25, 0.3) is 5.91 Å². The van der Waals surface area contributed by atoms with Crippen LogP contribution in [0, 0.1) is 6.92 Å². The van der Waals surface area contributed by atoms with Crippen LogP contribution in [0.5, 0.6) is 11.5 Å². The molecule has 0 aromatic heterocycles. The van der Waals surface area contributed by atoms with E-state index in [0.29, 0.717) is 23.7 Å². The van der Waals surface area contributed by atoms with E-state index < -0.39 is 0 Å². The van der Waals surface area contributed by atoms with Gasteiger partial charge in [0.15, 0.2) is 11.5 Å². The summed E-state index contributed by atoms with van der Waals surface area (Å²) >= 11 is 0. The third-order valence-electron chi connectivity index (χ3n) is 3.20. The molecule has 0 bridgehead atoms. The van der Waals surface area contributed by atoms with Crippen LogP contribution in [-0.2, 0) is 0 Å². The summed E-state index contributed by atoms with van der Waals surface area (Å²) in [5.41, 5.74) is 2.44. The molecule has 4 nitrogen and oxygen atoms in total. The van der Waals surface area contributed by atoms with Gasteiger partial charge < -0.3 is 14.8 Å². The first-order chi connectivity index (χ1) is 10.6. The lowest BCUT2D eigenvalue weighted by Crippen LogP contribution is -2.12. The fourth-order valence-electron chi connectivity index (χ4n) is 1.98. The minimum atomic E-state index is -0.177. The van der Waals surface area contributed by atoms with Crippen LogP contribution >= 0.6 is 0 Å². The SMILES string of the molecule is CCCOc1ccc(C(=O)Nc2ccc(C)cc2)cc1OC. The highest BCUT2D eigenvalue weighted by Crippen LogP contribution is 2.28. The Kier molecular flexibility index (Phi) is 5.42. The van der Waals surface area contributed by atoms with Crippen LogP contribution in [0.4, 0.5) is 5.69 Å². The third-order valence-corrected chi connectivity index (χ3v) is 3.20. The first kappa shape index (κ1) is 15.9. The number of amides is 1. The van der Waals surface area contributed by atoms with Gasteiger partial charge in [0.05, 0.1) is 13.7 Å². The summed E-state index contributed by atoms with van der Waals surface area (Å²) in [4.78, 5) is 12.3. The summed E-state index contributed by atoms with van der Waals surface area (Å²) in [6.45, 7) is 4.66. The lowest BCUT2D eigenvalue weighted by atomic mass is 10.1. The van der Waals surface area contributed by atoms with Gasteiger partial charge in [0, 0.05) is 11.3 Å². The molecule has 0 aliphatic heterocycles. The molecule has 0 aliphatic rings. The molecular formula is C18H21NO3. The second-order valence-electron chi connectivity index (χ2n) is 5.03. The molecule has 0 unspecified atom stereocenters. The third kappa shape index (κ3) is 4.01. The van der Waals surface area contributed by atoms with Gasteiger partial charge in [0.1, 0.15) is 0 Å². The van der Waals surface area contributed by atoms with Crippen LogP contribution in [-0.4, -0.2) is 19.6 Å². The molecule has 2 aromatic carbocycles. The molecule has 0 fully saturated rings. The van der Waals surface area contributed by atoms with E-state index >= 15 is 0 Å². The van der Waals surface area contributed by atoms with Crippen molar-refractivity contribution in [3.05, 3.63) is 53.6 Å². The quantitative estimate of drug-likeness (QED) is 0.875. The molecule has 1 N–H and O–H groups in total. The van der Waals surface area contributed by atoms with Crippen LogP contribution in [0.2, 0.25) is 0 Å². The Morgan fingerprint density at radius 2 is 1.82 bits per heavy atom. The molecule has 2 aromatic rings. The normalized spacial score (nSPS) is 10.1. The number of anilines is 1. The topological polar surface area (TPSA) is 47.6 Å². The van der Waals surface area contributed by atoms with Gasteiger partial charge in [-0.1, -0.05) is 24.6 Å². The molecule has 0 radical (unpaired) electrons. The Morgan fingerprint density at radius 3 is 2.45 bits per heavy atom. The zero-order valence-electron chi connectivity index (χ0n) is 13.2. The van der Waals surface area contributed by atoms with Gasteiger partial charge in [-0.25, -0.2) is 0 Å². The Bertz CT molecular complexity index is 635. The van der Waals surface area contributed by atoms with E-state index in [4.69, 9.17) is 9.47 Å². The number of benzene rings is 2. The standard InChI is InChI=1S/C18H21NO3/c1-4-11-22-16-10-7-14(12-17(16)21-3)18(20)19-15-8-5-13(2)6-9-15/h5-10,12H,4,11H2,1-3H3,(H,19,20). The molecule has 2 rings (SSSR count). The van der Waals surface area contributed by atoms with Crippen molar-refractivity contribution in [1.29, 1.82) is 0 Å². The number of methoxy groups -OCH3 is 1. The van der Waals surface area contributed by atoms with E-state index in [1.807, 2.05) is 38.1 Å². The van der Waals surface area contributed by atoms with Crippen molar-refractivity contribution in [3.8, 4) is 11.5 Å². The van der Waals surface area contributed by atoms with Crippen molar-refractivity contribution in [2.45, 2.75) is 20.3 Å². The zero-order chi connectivity index (χ0) is 15.9. The molecule has 4 heteroatoms. The molecule has 0 heterocycles. The smallest absolute Gasteiger partial charge is 0.255 e. The highest BCUT2D eigenvalue weighted by molar-refractivity contribution is 6.04. The zero-order valence-corrected chi connectivity index (χ0v) is 13.2. The van der Waals surface area contributed by atoms with Gasteiger partial charge in [-0.3, -0.25) is 4.79 Å². The van der Waals surface area contributed by atoms with Crippen LogP contribution in [0.1, 0.15) is 29.3 Å². The molecule has 1 amide bonds. The Hall–Kier alpha value is -2.49. The van der Waals surface area contributed by atoms with Crippen LogP contribution in [0.25, 0.3) is 0 Å². The molecule has 0 atom stereocenters. The second-order valence-corrected chi connectivity index (χ2v) is 5.03. The average Bonchev–Trinajstić information content (AvgIpc) is 2.54. The molecule has 22 heavy (non-hydrogen) atoms. The monoisotopic (exact) mass is 299 g/mol. The number of rotatable bonds is 6. The van der Waals surface area contributed by atoms with E-state index in [0.717, 1.165) is 17.7 Å². The first-order valence-corrected chi connectivity index (χ1v) is 7.33. The van der Waals surface area contributed by atoms with Crippen LogP contribution in [0.15, 0.2) is 42.5 Å². The summed E-state index contributed by atoms with van der Waals surface area (Å²) in [5.74, 6) is 1.03. The van der Waals surface area contributed by atoms with E-state index in [1.54, 1.807) is 25.3 Å². The molecule has 0 saturated heterocycles. The second kappa shape index (κ2) is 7.50. The van der Waals surface area contributed by atoms with E-state index in [-0.39, 0.29) is 5.91 Å². The van der Waals surface area contributed by atoms with Crippen molar-refractivity contribution in [2.75, 3.05) is 19.0 Å². The van der Waals surface area contributed by atoms with Crippen molar-refractivity contribution in [2.24, 2.45) is 0 Å². The first-order valence-electron chi connectivity index (χ1n) is 7.33. The van der Waals surface area contributed by atoms with Crippen LogP contribution < -0.4 is 14.8 Å². The fourth-order valence-corrected chi connectivity index (χ4v) is 1.98. The number of nitrogens with one attached hydrogen (secondary N) is 1. The largest absolute Gasteiger partial charge is 0.493 e. The Balaban J connectivity index is 2.13. The van der Waals surface area contributed by atoms with Crippen molar-refractivity contribution in [1.82, 2.24) is 0 Å². The highest BCUT2D eigenvalue weighted by Gasteiger charge is 2.11. The van der Waals surface area contributed by atoms with Crippen molar-refractivity contribution in [3.63, 3.8) is 0 Å². The number of aryl methyl sites for hydroxylation is 1. The van der Waals surface area contributed by atoms with E-state index in [9.17, 15) is 4.79 Å². The van der Waals surface area contributed by atoms with Gasteiger partial charge in [-0.2, -0.15) is 0 Å². The van der Waals surface area contributed by atoms with E-state index in [1.165, 1.54) is 0 Å². The number of carbonyl (C=O) groups is 1. The maximum absolute atomic E-state index is 12.3.